The average molecular weight is 413 g/mol. The summed E-state index contributed by atoms with van der Waals surface area (Å²) in [6, 6.07) is 15.4. The second kappa shape index (κ2) is 12.5. The number of benzene rings is 2. The maximum Gasteiger partial charge on any atom is 0.253 e. The highest BCUT2D eigenvalue weighted by atomic mass is 16.5. The van der Waals surface area contributed by atoms with E-state index in [1.165, 1.54) is 0 Å². The van der Waals surface area contributed by atoms with Crippen LogP contribution >= 0.6 is 0 Å². The molecule has 0 fully saturated rings. The summed E-state index contributed by atoms with van der Waals surface area (Å²) >= 11 is 0. The van der Waals surface area contributed by atoms with Gasteiger partial charge in [0.1, 0.15) is 5.75 Å². The molecule has 0 aliphatic carbocycles. The predicted molar refractivity (Wildman–Crippen MR) is 120 cm³/mol. The minimum absolute atomic E-state index is 0.00632. The van der Waals surface area contributed by atoms with Gasteiger partial charge in [-0.1, -0.05) is 30.3 Å². The third-order valence-electron chi connectivity index (χ3n) is 4.36. The first-order valence-electron chi connectivity index (χ1n) is 10.1. The van der Waals surface area contributed by atoms with E-state index in [9.17, 15) is 4.79 Å². The highest BCUT2D eigenvalue weighted by Crippen LogP contribution is 2.17. The van der Waals surface area contributed by atoms with E-state index in [0.717, 1.165) is 29.4 Å². The molecule has 0 saturated carbocycles. The number of carbonyl (C=O) groups is 1. The number of carbonyl (C=O) groups excluding carboxylic acids is 1. The van der Waals surface area contributed by atoms with Crippen LogP contribution in [0.25, 0.3) is 0 Å². The third kappa shape index (κ3) is 7.40. The number of nitrogens with one attached hydrogen (secondary N) is 2. The van der Waals surface area contributed by atoms with Crippen LogP contribution in [-0.2, 0) is 17.9 Å². The number of rotatable bonds is 10. The molecule has 0 radical (unpaired) electrons. The molecule has 7 heteroatoms. The molecular weight excluding hydrogens is 380 g/mol. The van der Waals surface area contributed by atoms with E-state index >= 15 is 0 Å². The van der Waals surface area contributed by atoms with Crippen LogP contribution in [0.5, 0.6) is 5.75 Å². The van der Waals surface area contributed by atoms with Crippen molar-refractivity contribution in [3.63, 3.8) is 0 Å². The van der Waals surface area contributed by atoms with Gasteiger partial charge in [0.2, 0.25) is 0 Å². The number of para-hydroxylation sites is 1. The average Bonchev–Trinajstić information content (AvgIpc) is 2.77. The van der Waals surface area contributed by atoms with Gasteiger partial charge < -0.3 is 25.0 Å². The summed E-state index contributed by atoms with van der Waals surface area (Å²) in [5.74, 6) is 1.55. The molecule has 30 heavy (non-hydrogen) atoms. The van der Waals surface area contributed by atoms with Gasteiger partial charge in [-0.25, -0.2) is 4.99 Å². The summed E-state index contributed by atoms with van der Waals surface area (Å²) in [6.45, 7) is 4.99. The van der Waals surface area contributed by atoms with Gasteiger partial charge in [-0.15, -0.1) is 0 Å². The first-order valence-corrected chi connectivity index (χ1v) is 10.1. The minimum atomic E-state index is -0.00632. The van der Waals surface area contributed by atoms with Crippen molar-refractivity contribution >= 4 is 11.9 Å². The second-order valence-corrected chi connectivity index (χ2v) is 6.88. The standard InChI is InChI=1S/C23H32N4O3/c1-5-24-23(25-14-15-30-17-20-8-6-7-9-21(20)29-4)26-16-18-10-12-19(13-11-18)22(28)27(2)3/h6-13H,5,14-17H2,1-4H3,(H2,24,25,26). The SMILES string of the molecule is CCNC(=NCc1ccc(C(=O)N(C)C)cc1)NCCOCc1ccccc1OC. The Hall–Kier alpha value is -3.06. The zero-order valence-electron chi connectivity index (χ0n) is 18.3. The highest BCUT2D eigenvalue weighted by molar-refractivity contribution is 5.93. The lowest BCUT2D eigenvalue weighted by molar-refractivity contribution is 0.0827. The lowest BCUT2D eigenvalue weighted by Gasteiger charge is -2.13. The van der Waals surface area contributed by atoms with E-state index in [4.69, 9.17) is 9.47 Å². The Morgan fingerprint density at radius 1 is 1.07 bits per heavy atom. The normalized spacial score (nSPS) is 11.1. The lowest BCUT2D eigenvalue weighted by atomic mass is 10.1. The molecule has 0 atom stereocenters. The van der Waals surface area contributed by atoms with Gasteiger partial charge in [-0.2, -0.15) is 0 Å². The summed E-state index contributed by atoms with van der Waals surface area (Å²) in [5, 5.41) is 6.50. The zero-order chi connectivity index (χ0) is 21.8. The van der Waals surface area contributed by atoms with Crippen LogP contribution in [0.15, 0.2) is 53.5 Å². The fourth-order valence-corrected chi connectivity index (χ4v) is 2.77. The van der Waals surface area contributed by atoms with Gasteiger partial charge >= 0.3 is 0 Å². The first kappa shape index (κ1) is 23.2. The summed E-state index contributed by atoms with van der Waals surface area (Å²) in [4.78, 5) is 18.1. The molecule has 0 aromatic heterocycles. The Balaban J connectivity index is 1.80. The van der Waals surface area contributed by atoms with Crippen LogP contribution in [0.1, 0.15) is 28.4 Å². The molecule has 0 saturated heterocycles. The second-order valence-electron chi connectivity index (χ2n) is 6.88. The Morgan fingerprint density at radius 2 is 1.80 bits per heavy atom. The highest BCUT2D eigenvalue weighted by Gasteiger charge is 2.07. The molecule has 0 aliphatic rings. The van der Waals surface area contributed by atoms with Crippen molar-refractivity contribution in [3.05, 3.63) is 65.2 Å². The monoisotopic (exact) mass is 412 g/mol. The molecule has 0 heterocycles. The predicted octanol–water partition coefficient (Wildman–Crippen LogP) is 2.67. The first-order chi connectivity index (χ1) is 14.5. The molecule has 0 bridgehead atoms. The van der Waals surface area contributed by atoms with Crippen molar-refractivity contribution in [1.29, 1.82) is 0 Å². The van der Waals surface area contributed by atoms with Crippen molar-refractivity contribution in [2.45, 2.75) is 20.1 Å². The fraction of sp³-hybridized carbons (Fsp3) is 0.391. The number of nitrogens with zero attached hydrogens (tertiary/aromatic N) is 2. The molecule has 2 N–H and O–H groups in total. The van der Waals surface area contributed by atoms with Crippen LogP contribution in [0, 0.1) is 0 Å². The number of hydrogen-bond acceptors (Lipinski definition) is 4. The number of guanidine groups is 1. The number of hydrogen-bond donors (Lipinski definition) is 2. The van der Waals surface area contributed by atoms with E-state index < -0.39 is 0 Å². The van der Waals surface area contributed by atoms with Crippen molar-refractivity contribution < 1.29 is 14.3 Å². The fourth-order valence-electron chi connectivity index (χ4n) is 2.77. The van der Waals surface area contributed by atoms with Crippen molar-refractivity contribution in [2.24, 2.45) is 4.99 Å². The van der Waals surface area contributed by atoms with Crippen LogP contribution in [-0.4, -0.2) is 57.7 Å². The van der Waals surface area contributed by atoms with Crippen LogP contribution in [0.2, 0.25) is 0 Å². The number of methoxy groups -OCH3 is 1. The van der Waals surface area contributed by atoms with Gasteiger partial charge in [0, 0.05) is 38.3 Å². The summed E-state index contributed by atoms with van der Waals surface area (Å²) in [5.41, 5.74) is 2.73. The molecule has 2 aromatic rings. The van der Waals surface area contributed by atoms with Crippen LogP contribution in [0.4, 0.5) is 0 Å². The minimum Gasteiger partial charge on any atom is -0.496 e. The van der Waals surface area contributed by atoms with Gasteiger partial charge in [0.15, 0.2) is 5.96 Å². The molecule has 2 rings (SSSR count). The number of aliphatic imine (C=N–C) groups is 1. The van der Waals surface area contributed by atoms with E-state index in [-0.39, 0.29) is 5.91 Å². The Labute approximate surface area is 179 Å². The molecule has 0 spiro atoms. The number of amides is 1. The summed E-state index contributed by atoms with van der Waals surface area (Å²) in [6.07, 6.45) is 0. The van der Waals surface area contributed by atoms with Crippen LogP contribution < -0.4 is 15.4 Å². The van der Waals surface area contributed by atoms with E-state index in [0.29, 0.717) is 31.9 Å². The molecule has 7 nitrogen and oxygen atoms in total. The largest absolute Gasteiger partial charge is 0.496 e. The van der Waals surface area contributed by atoms with E-state index in [1.54, 1.807) is 26.1 Å². The molecule has 2 aromatic carbocycles. The lowest BCUT2D eigenvalue weighted by Crippen LogP contribution is -2.38. The van der Waals surface area contributed by atoms with E-state index in [2.05, 4.69) is 15.6 Å². The third-order valence-corrected chi connectivity index (χ3v) is 4.36. The van der Waals surface area contributed by atoms with Crippen molar-refractivity contribution in [3.8, 4) is 5.75 Å². The molecule has 0 aliphatic heterocycles. The van der Waals surface area contributed by atoms with Gasteiger partial charge in [0.05, 0.1) is 26.9 Å². The quantitative estimate of drug-likeness (QED) is 0.357. The maximum atomic E-state index is 12.0. The Kier molecular flexibility index (Phi) is 9.67. The van der Waals surface area contributed by atoms with Gasteiger partial charge in [-0.3, -0.25) is 4.79 Å². The van der Waals surface area contributed by atoms with E-state index in [1.807, 2.05) is 55.5 Å². The smallest absolute Gasteiger partial charge is 0.253 e. The van der Waals surface area contributed by atoms with Crippen molar-refractivity contribution in [2.75, 3.05) is 40.9 Å². The number of ether oxygens (including phenoxy) is 2. The molecule has 0 unspecified atom stereocenters. The Morgan fingerprint density at radius 3 is 2.47 bits per heavy atom. The van der Waals surface area contributed by atoms with Gasteiger partial charge in [0.25, 0.3) is 5.91 Å². The molecular formula is C23H32N4O3. The van der Waals surface area contributed by atoms with Crippen molar-refractivity contribution in [1.82, 2.24) is 15.5 Å². The van der Waals surface area contributed by atoms with Crippen LogP contribution in [0.3, 0.4) is 0 Å². The zero-order valence-corrected chi connectivity index (χ0v) is 18.3. The Bertz CT molecular complexity index is 819. The molecule has 1 amide bonds. The molecule has 162 valence electrons. The summed E-state index contributed by atoms with van der Waals surface area (Å²) < 4.78 is 11.1. The topological polar surface area (TPSA) is 75.2 Å². The summed E-state index contributed by atoms with van der Waals surface area (Å²) in [7, 11) is 5.15. The maximum absolute atomic E-state index is 12.0. The van der Waals surface area contributed by atoms with Gasteiger partial charge in [-0.05, 0) is 30.7 Å².